The molecule has 90 valence electrons. The van der Waals surface area contributed by atoms with Gasteiger partial charge in [0.05, 0.1) is 0 Å². The molecule has 0 radical (unpaired) electrons. The number of fused-ring (bicyclic) bond motifs is 1. The molecule has 2 aliphatic carbocycles. The van der Waals surface area contributed by atoms with Crippen LogP contribution in [0, 0.1) is 11.8 Å². The first-order valence-corrected chi connectivity index (χ1v) is 6.97. The molecular weight excluding hydrogens is 196 g/mol. The number of rotatable bonds is 5. The predicted molar refractivity (Wildman–Crippen MR) is 67.4 cm³/mol. The molecule has 3 aliphatic rings. The average molecular weight is 220 g/mol. The maximum absolute atomic E-state index is 3.89. The second-order valence-electron chi connectivity index (χ2n) is 5.84. The summed E-state index contributed by atoms with van der Waals surface area (Å²) in [6, 6.07) is 1.65. The van der Waals surface area contributed by atoms with Crippen molar-refractivity contribution in [2.24, 2.45) is 11.8 Å². The molecule has 1 heterocycles. The fourth-order valence-electron chi connectivity index (χ4n) is 3.73. The van der Waals surface area contributed by atoms with E-state index in [1.165, 1.54) is 45.2 Å². The van der Waals surface area contributed by atoms with Crippen molar-refractivity contribution >= 4 is 0 Å². The summed E-state index contributed by atoms with van der Waals surface area (Å²) in [5, 5.41) is 3.75. The van der Waals surface area contributed by atoms with Crippen LogP contribution in [0.1, 0.15) is 32.1 Å². The molecule has 1 aliphatic heterocycles. The minimum absolute atomic E-state index is 0.771. The standard InChI is InChI=1S/C14H24N2/c1-2-8-16(12-6-7-12)10-14-13-5-3-4-11(13)9-15-14/h2,11-15H,1,3-10H2. The van der Waals surface area contributed by atoms with Crippen molar-refractivity contribution in [3.8, 4) is 0 Å². The van der Waals surface area contributed by atoms with Gasteiger partial charge in [0, 0.05) is 25.2 Å². The van der Waals surface area contributed by atoms with Crippen molar-refractivity contribution in [1.82, 2.24) is 10.2 Å². The highest BCUT2D eigenvalue weighted by atomic mass is 15.2. The molecular formula is C14H24N2. The second-order valence-corrected chi connectivity index (χ2v) is 5.84. The first kappa shape index (κ1) is 10.8. The van der Waals surface area contributed by atoms with E-state index in [0.29, 0.717) is 0 Å². The molecule has 3 unspecified atom stereocenters. The largest absolute Gasteiger partial charge is 0.312 e. The zero-order valence-corrected chi connectivity index (χ0v) is 10.2. The molecule has 0 spiro atoms. The normalized spacial score (nSPS) is 37.9. The quantitative estimate of drug-likeness (QED) is 0.713. The number of nitrogens with one attached hydrogen (secondary N) is 1. The van der Waals surface area contributed by atoms with Crippen LogP contribution >= 0.6 is 0 Å². The highest BCUT2D eigenvalue weighted by Gasteiger charge is 2.40. The molecule has 0 aromatic heterocycles. The third-order valence-electron chi connectivity index (χ3n) is 4.74. The predicted octanol–water partition coefficient (Wildman–Crippen LogP) is 2.02. The molecule has 0 amide bonds. The number of hydrogen-bond acceptors (Lipinski definition) is 2. The van der Waals surface area contributed by atoms with Gasteiger partial charge in [-0.25, -0.2) is 0 Å². The van der Waals surface area contributed by atoms with Crippen LogP contribution in [0.4, 0.5) is 0 Å². The summed E-state index contributed by atoms with van der Waals surface area (Å²) in [5.41, 5.74) is 0. The van der Waals surface area contributed by atoms with Gasteiger partial charge in [-0.2, -0.15) is 0 Å². The van der Waals surface area contributed by atoms with Crippen LogP contribution in [0.15, 0.2) is 12.7 Å². The van der Waals surface area contributed by atoms with E-state index in [9.17, 15) is 0 Å². The Labute approximate surface area is 99.1 Å². The number of hydrogen-bond donors (Lipinski definition) is 1. The Bertz CT molecular complexity index is 259. The fourth-order valence-corrected chi connectivity index (χ4v) is 3.73. The summed E-state index contributed by atoms with van der Waals surface area (Å²) in [5.74, 6) is 1.97. The molecule has 1 N–H and O–H groups in total. The highest BCUT2D eigenvalue weighted by Crippen LogP contribution is 2.38. The third-order valence-corrected chi connectivity index (χ3v) is 4.74. The zero-order chi connectivity index (χ0) is 11.0. The van der Waals surface area contributed by atoms with E-state index in [2.05, 4.69) is 22.9 Å². The Morgan fingerprint density at radius 1 is 1.25 bits per heavy atom. The lowest BCUT2D eigenvalue weighted by atomic mass is 9.94. The van der Waals surface area contributed by atoms with Crippen LogP contribution in [0.3, 0.4) is 0 Å². The Morgan fingerprint density at radius 2 is 2.12 bits per heavy atom. The lowest BCUT2D eigenvalue weighted by Crippen LogP contribution is -2.41. The van der Waals surface area contributed by atoms with E-state index in [1.807, 2.05) is 0 Å². The van der Waals surface area contributed by atoms with Gasteiger partial charge < -0.3 is 5.32 Å². The van der Waals surface area contributed by atoms with Gasteiger partial charge in [-0.1, -0.05) is 12.5 Å². The molecule has 2 saturated carbocycles. The Kier molecular flexibility index (Phi) is 3.03. The monoisotopic (exact) mass is 220 g/mol. The summed E-state index contributed by atoms with van der Waals surface area (Å²) in [6.45, 7) is 7.51. The van der Waals surface area contributed by atoms with Crippen LogP contribution in [0.25, 0.3) is 0 Å². The van der Waals surface area contributed by atoms with Crippen molar-refractivity contribution in [2.75, 3.05) is 19.6 Å². The van der Waals surface area contributed by atoms with Gasteiger partial charge in [0.25, 0.3) is 0 Å². The summed E-state index contributed by atoms with van der Waals surface area (Å²) < 4.78 is 0. The lowest BCUT2D eigenvalue weighted by molar-refractivity contribution is 0.237. The third kappa shape index (κ3) is 2.05. The topological polar surface area (TPSA) is 15.3 Å². The van der Waals surface area contributed by atoms with E-state index in [4.69, 9.17) is 0 Å². The number of nitrogens with zero attached hydrogens (tertiary/aromatic N) is 1. The minimum atomic E-state index is 0.771. The van der Waals surface area contributed by atoms with Gasteiger partial charge in [-0.3, -0.25) is 4.90 Å². The minimum Gasteiger partial charge on any atom is -0.312 e. The Hall–Kier alpha value is -0.340. The summed E-state index contributed by atoms with van der Waals surface area (Å²) >= 11 is 0. The van der Waals surface area contributed by atoms with Crippen LogP contribution < -0.4 is 5.32 Å². The van der Waals surface area contributed by atoms with Crippen LogP contribution in [0.5, 0.6) is 0 Å². The Balaban J connectivity index is 1.58. The zero-order valence-electron chi connectivity index (χ0n) is 10.2. The molecule has 3 fully saturated rings. The van der Waals surface area contributed by atoms with E-state index in [0.717, 1.165) is 30.5 Å². The molecule has 0 aromatic rings. The van der Waals surface area contributed by atoms with Gasteiger partial charge in [-0.05, 0) is 44.1 Å². The van der Waals surface area contributed by atoms with Crippen LogP contribution in [-0.2, 0) is 0 Å². The maximum atomic E-state index is 3.89. The van der Waals surface area contributed by atoms with Crippen molar-refractivity contribution in [3.05, 3.63) is 12.7 Å². The molecule has 1 saturated heterocycles. The van der Waals surface area contributed by atoms with E-state index < -0.39 is 0 Å². The van der Waals surface area contributed by atoms with Gasteiger partial charge in [0.15, 0.2) is 0 Å². The van der Waals surface area contributed by atoms with E-state index in [1.54, 1.807) is 0 Å². The van der Waals surface area contributed by atoms with Crippen molar-refractivity contribution in [3.63, 3.8) is 0 Å². The van der Waals surface area contributed by atoms with Gasteiger partial charge >= 0.3 is 0 Å². The van der Waals surface area contributed by atoms with E-state index >= 15 is 0 Å². The molecule has 2 heteroatoms. The molecule has 3 atom stereocenters. The highest BCUT2D eigenvalue weighted by molar-refractivity contribution is 4.98. The van der Waals surface area contributed by atoms with E-state index in [-0.39, 0.29) is 0 Å². The maximum Gasteiger partial charge on any atom is 0.0226 e. The smallest absolute Gasteiger partial charge is 0.0226 e. The van der Waals surface area contributed by atoms with Gasteiger partial charge in [0.2, 0.25) is 0 Å². The van der Waals surface area contributed by atoms with Crippen LogP contribution in [0.2, 0.25) is 0 Å². The summed E-state index contributed by atoms with van der Waals surface area (Å²) in [6.07, 6.45) is 9.30. The van der Waals surface area contributed by atoms with Gasteiger partial charge in [0.1, 0.15) is 0 Å². The first-order valence-electron chi connectivity index (χ1n) is 6.97. The van der Waals surface area contributed by atoms with Crippen molar-refractivity contribution < 1.29 is 0 Å². The molecule has 0 bridgehead atoms. The Morgan fingerprint density at radius 3 is 2.88 bits per heavy atom. The lowest BCUT2D eigenvalue weighted by Gasteiger charge is -2.27. The second kappa shape index (κ2) is 4.50. The van der Waals surface area contributed by atoms with Crippen molar-refractivity contribution in [1.29, 1.82) is 0 Å². The molecule has 3 rings (SSSR count). The summed E-state index contributed by atoms with van der Waals surface area (Å²) in [7, 11) is 0. The summed E-state index contributed by atoms with van der Waals surface area (Å²) in [4.78, 5) is 2.64. The van der Waals surface area contributed by atoms with Crippen LogP contribution in [-0.4, -0.2) is 36.6 Å². The molecule has 0 aromatic carbocycles. The first-order chi connectivity index (χ1) is 7.88. The molecule has 2 nitrogen and oxygen atoms in total. The molecule has 16 heavy (non-hydrogen) atoms. The van der Waals surface area contributed by atoms with Crippen molar-refractivity contribution in [2.45, 2.75) is 44.2 Å². The SMILES string of the molecule is C=CCN(CC1NCC2CCCC21)C1CC1. The average Bonchev–Trinajstić information content (AvgIpc) is 2.90. The van der Waals surface area contributed by atoms with Gasteiger partial charge in [-0.15, -0.1) is 6.58 Å². The fraction of sp³-hybridized carbons (Fsp3) is 0.857.